The first-order valence-electron chi connectivity index (χ1n) is 3.63. The molecular formula is C7H14ClNO2. The zero-order valence-electron chi connectivity index (χ0n) is 7.04. The van der Waals surface area contributed by atoms with Crippen LogP contribution in [0.1, 0.15) is 27.2 Å². The molecule has 3 nitrogen and oxygen atoms in total. The lowest BCUT2D eigenvalue weighted by Crippen LogP contribution is -2.30. The highest BCUT2D eigenvalue weighted by atomic mass is 35.5. The average Bonchev–Trinajstić information content (AvgIpc) is 1.84. The van der Waals surface area contributed by atoms with Gasteiger partial charge in [0.15, 0.2) is 0 Å². The predicted octanol–water partition coefficient (Wildman–Crippen LogP) is 2.55. The number of halogens is 1. The molecule has 0 heterocycles. The molecule has 0 aliphatic rings. The average molecular weight is 180 g/mol. The summed E-state index contributed by atoms with van der Waals surface area (Å²) in [4.78, 5) is 10.3. The topological polar surface area (TPSA) is 40.5 Å². The fourth-order valence-electron chi connectivity index (χ4n) is 0.963. The van der Waals surface area contributed by atoms with Crippen LogP contribution in [0.2, 0.25) is 0 Å². The van der Waals surface area contributed by atoms with Gasteiger partial charge in [-0.2, -0.15) is 0 Å². The summed E-state index contributed by atoms with van der Waals surface area (Å²) in [6.45, 7) is 5.85. The third-order valence-electron chi connectivity index (χ3n) is 1.38. The third kappa shape index (κ3) is 4.09. The van der Waals surface area contributed by atoms with Crippen molar-refractivity contribution in [3.8, 4) is 0 Å². The molecule has 1 atom stereocenters. The minimum absolute atomic E-state index is 0.117. The van der Waals surface area contributed by atoms with E-state index in [4.69, 9.17) is 16.9 Å². The van der Waals surface area contributed by atoms with E-state index in [-0.39, 0.29) is 6.04 Å². The Hall–Kier alpha value is -0.440. The molecule has 0 radical (unpaired) electrons. The van der Waals surface area contributed by atoms with Crippen molar-refractivity contribution in [2.45, 2.75) is 33.2 Å². The van der Waals surface area contributed by atoms with Crippen LogP contribution >= 0.6 is 11.8 Å². The van der Waals surface area contributed by atoms with Crippen molar-refractivity contribution in [2.75, 3.05) is 0 Å². The summed E-state index contributed by atoms with van der Waals surface area (Å²) < 4.78 is 0.819. The van der Waals surface area contributed by atoms with Gasteiger partial charge >= 0.3 is 6.09 Å². The number of nitrogens with zero attached hydrogens (tertiary/aromatic N) is 1. The molecule has 11 heavy (non-hydrogen) atoms. The Balaban J connectivity index is 3.82. The van der Waals surface area contributed by atoms with Crippen LogP contribution < -0.4 is 0 Å². The van der Waals surface area contributed by atoms with E-state index < -0.39 is 6.09 Å². The zero-order chi connectivity index (χ0) is 9.02. The first-order valence-corrected chi connectivity index (χ1v) is 3.97. The van der Waals surface area contributed by atoms with Crippen LogP contribution in [0, 0.1) is 5.92 Å². The monoisotopic (exact) mass is 179 g/mol. The molecule has 0 aliphatic carbocycles. The smallest absolute Gasteiger partial charge is 0.422 e. The maximum absolute atomic E-state index is 10.3. The molecule has 0 aliphatic heterocycles. The van der Waals surface area contributed by atoms with E-state index in [2.05, 4.69) is 0 Å². The van der Waals surface area contributed by atoms with Gasteiger partial charge in [-0.05, 0) is 19.3 Å². The van der Waals surface area contributed by atoms with Crippen molar-refractivity contribution >= 4 is 17.9 Å². The predicted molar refractivity (Wildman–Crippen MR) is 44.6 cm³/mol. The molecule has 0 saturated heterocycles. The second kappa shape index (κ2) is 4.44. The van der Waals surface area contributed by atoms with Crippen LogP contribution in [-0.2, 0) is 0 Å². The second-order valence-electron chi connectivity index (χ2n) is 3.07. The Bertz CT molecular complexity index is 138. The molecule has 0 bridgehead atoms. The maximum atomic E-state index is 10.3. The summed E-state index contributed by atoms with van der Waals surface area (Å²) in [6.07, 6.45) is -0.296. The van der Waals surface area contributed by atoms with Crippen molar-refractivity contribution in [1.82, 2.24) is 4.42 Å². The van der Waals surface area contributed by atoms with E-state index in [1.54, 1.807) is 6.92 Å². The summed E-state index contributed by atoms with van der Waals surface area (Å²) >= 11 is 5.44. The molecule has 1 N–H and O–H groups in total. The number of carbonyl (C=O) groups is 1. The molecular weight excluding hydrogens is 166 g/mol. The highest BCUT2D eigenvalue weighted by Gasteiger charge is 2.17. The quantitative estimate of drug-likeness (QED) is 0.677. The third-order valence-corrected chi connectivity index (χ3v) is 1.86. The molecule has 0 aromatic heterocycles. The van der Waals surface area contributed by atoms with E-state index in [0.29, 0.717) is 5.92 Å². The zero-order valence-corrected chi connectivity index (χ0v) is 7.80. The molecule has 1 amide bonds. The van der Waals surface area contributed by atoms with Gasteiger partial charge in [-0.3, -0.25) is 0 Å². The fraction of sp³-hybridized carbons (Fsp3) is 0.857. The van der Waals surface area contributed by atoms with Crippen molar-refractivity contribution in [1.29, 1.82) is 0 Å². The Labute approximate surface area is 72.1 Å². The first-order chi connectivity index (χ1) is 4.95. The Morgan fingerprint density at radius 3 is 2.27 bits per heavy atom. The van der Waals surface area contributed by atoms with Crippen molar-refractivity contribution in [3.63, 3.8) is 0 Å². The van der Waals surface area contributed by atoms with Crippen molar-refractivity contribution < 1.29 is 9.90 Å². The minimum Gasteiger partial charge on any atom is -0.464 e. The standard InChI is InChI=1S/C7H14ClNO2/c1-5(2)4-6(3)9(8)7(10)11/h5-6H,4H2,1-3H3,(H,10,11). The van der Waals surface area contributed by atoms with Crippen LogP contribution in [0.3, 0.4) is 0 Å². The molecule has 0 saturated carbocycles. The number of rotatable bonds is 3. The van der Waals surface area contributed by atoms with Crippen molar-refractivity contribution in [2.24, 2.45) is 5.92 Å². The lowest BCUT2D eigenvalue weighted by atomic mass is 10.1. The summed E-state index contributed by atoms with van der Waals surface area (Å²) in [5.74, 6) is 0.464. The molecule has 0 fully saturated rings. The van der Waals surface area contributed by atoms with Gasteiger partial charge in [0, 0.05) is 17.8 Å². The van der Waals surface area contributed by atoms with E-state index in [9.17, 15) is 4.79 Å². The van der Waals surface area contributed by atoms with Crippen LogP contribution in [0.25, 0.3) is 0 Å². The molecule has 0 aromatic rings. The number of amides is 1. The number of hydrogen-bond donors (Lipinski definition) is 1. The first kappa shape index (κ1) is 10.6. The summed E-state index contributed by atoms with van der Waals surface area (Å²) in [6, 6.07) is -0.117. The second-order valence-corrected chi connectivity index (χ2v) is 3.44. The summed E-state index contributed by atoms with van der Waals surface area (Å²) in [5.41, 5.74) is 0. The molecule has 1 unspecified atom stereocenters. The fourth-order valence-corrected chi connectivity index (χ4v) is 1.04. The van der Waals surface area contributed by atoms with Gasteiger partial charge in [0.1, 0.15) is 0 Å². The summed E-state index contributed by atoms with van der Waals surface area (Å²) in [7, 11) is 0. The van der Waals surface area contributed by atoms with E-state index in [0.717, 1.165) is 10.8 Å². The summed E-state index contributed by atoms with van der Waals surface area (Å²) in [5, 5.41) is 8.46. The SMILES string of the molecule is CC(C)CC(C)N(Cl)C(=O)O. The molecule has 0 aromatic carbocycles. The number of hydrogen-bond acceptors (Lipinski definition) is 1. The van der Waals surface area contributed by atoms with Crippen LogP contribution in [0.4, 0.5) is 4.79 Å². The molecule has 0 rings (SSSR count). The van der Waals surface area contributed by atoms with Gasteiger partial charge in [-0.15, -0.1) is 0 Å². The lowest BCUT2D eigenvalue weighted by Gasteiger charge is -2.19. The molecule has 0 spiro atoms. The Morgan fingerprint density at radius 2 is 2.00 bits per heavy atom. The Kier molecular flexibility index (Phi) is 4.26. The van der Waals surface area contributed by atoms with E-state index in [1.165, 1.54) is 0 Å². The highest BCUT2D eigenvalue weighted by molar-refractivity contribution is 6.20. The van der Waals surface area contributed by atoms with Gasteiger partial charge in [0.2, 0.25) is 0 Å². The van der Waals surface area contributed by atoms with Crippen LogP contribution in [0.5, 0.6) is 0 Å². The van der Waals surface area contributed by atoms with Gasteiger partial charge < -0.3 is 5.11 Å². The van der Waals surface area contributed by atoms with Gasteiger partial charge in [0.25, 0.3) is 0 Å². The minimum atomic E-state index is -1.08. The van der Waals surface area contributed by atoms with Gasteiger partial charge in [0.05, 0.1) is 0 Å². The number of carboxylic acid groups (broad SMARTS) is 1. The highest BCUT2D eigenvalue weighted by Crippen LogP contribution is 2.12. The Morgan fingerprint density at radius 1 is 1.55 bits per heavy atom. The van der Waals surface area contributed by atoms with Gasteiger partial charge in [-0.25, -0.2) is 9.21 Å². The molecule has 4 heteroatoms. The lowest BCUT2D eigenvalue weighted by molar-refractivity contribution is 0.160. The largest absolute Gasteiger partial charge is 0.464 e. The van der Waals surface area contributed by atoms with E-state index in [1.807, 2.05) is 13.8 Å². The maximum Gasteiger partial charge on any atom is 0.422 e. The van der Waals surface area contributed by atoms with Gasteiger partial charge in [-0.1, -0.05) is 13.8 Å². The normalized spacial score (nSPS) is 13.2. The van der Waals surface area contributed by atoms with Crippen molar-refractivity contribution in [3.05, 3.63) is 0 Å². The molecule has 66 valence electrons. The van der Waals surface area contributed by atoms with Crippen LogP contribution in [0.15, 0.2) is 0 Å². The van der Waals surface area contributed by atoms with Crippen LogP contribution in [-0.4, -0.2) is 21.7 Å². The van der Waals surface area contributed by atoms with E-state index >= 15 is 0 Å².